The van der Waals surface area contributed by atoms with Gasteiger partial charge in [-0.25, -0.2) is 5.10 Å². The molecule has 6 nitrogen and oxygen atoms in total. The Balaban J connectivity index is 3.33. The Kier molecular flexibility index (Phi) is 3.54. The normalized spacial score (nSPS) is 12.1. The van der Waals surface area contributed by atoms with Crippen LogP contribution in [0.15, 0.2) is 11.0 Å². The van der Waals surface area contributed by atoms with E-state index in [9.17, 15) is 15.0 Å². The van der Waals surface area contributed by atoms with Crippen molar-refractivity contribution in [3.63, 3.8) is 0 Å². The summed E-state index contributed by atoms with van der Waals surface area (Å²) in [7, 11) is 0. The first-order valence-electron chi connectivity index (χ1n) is 4.71. The van der Waals surface area contributed by atoms with Crippen molar-refractivity contribution in [3.05, 3.63) is 22.1 Å². The van der Waals surface area contributed by atoms with Crippen LogP contribution < -0.4 is 5.56 Å². The summed E-state index contributed by atoms with van der Waals surface area (Å²) in [5, 5.41) is 27.8. The summed E-state index contributed by atoms with van der Waals surface area (Å²) in [5.41, 5.74) is -1.14. The second-order valence-electron chi connectivity index (χ2n) is 3.83. The lowest BCUT2D eigenvalue weighted by atomic mass is 9.74. The number of hydrogen-bond donors (Lipinski definition) is 3. The Morgan fingerprint density at radius 2 is 2.07 bits per heavy atom. The molecular formula is C9H15N3O3. The molecule has 0 unspecified atom stereocenters. The first-order chi connectivity index (χ1) is 7.08. The summed E-state index contributed by atoms with van der Waals surface area (Å²) in [4.78, 5) is 11.5. The molecule has 0 aliphatic heterocycles. The van der Waals surface area contributed by atoms with Crippen molar-refractivity contribution in [3.8, 4) is 0 Å². The quantitative estimate of drug-likeness (QED) is 0.598. The number of aromatic nitrogens is 3. The van der Waals surface area contributed by atoms with Crippen LogP contribution in [0.4, 0.5) is 0 Å². The molecule has 6 heteroatoms. The second-order valence-corrected chi connectivity index (χ2v) is 3.83. The third-order valence-corrected chi connectivity index (χ3v) is 2.85. The van der Waals surface area contributed by atoms with Crippen LogP contribution in [0.25, 0.3) is 0 Å². The predicted molar refractivity (Wildman–Crippen MR) is 53.3 cm³/mol. The molecule has 0 amide bonds. The van der Waals surface area contributed by atoms with Gasteiger partial charge in [0.25, 0.3) is 5.56 Å². The molecule has 0 fully saturated rings. The van der Waals surface area contributed by atoms with Crippen molar-refractivity contribution in [2.75, 3.05) is 13.2 Å². The molecule has 15 heavy (non-hydrogen) atoms. The second kappa shape index (κ2) is 4.50. The van der Waals surface area contributed by atoms with Gasteiger partial charge in [0, 0.05) is 5.56 Å². The van der Waals surface area contributed by atoms with Crippen molar-refractivity contribution >= 4 is 0 Å². The predicted octanol–water partition coefficient (Wildman–Crippen LogP) is -0.957. The molecule has 0 radical (unpaired) electrons. The van der Waals surface area contributed by atoms with Gasteiger partial charge in [-0.05, 0) is 5.92 Å². The van der Waals surface area contributed by atoms with Crippen LogP contribution in [0.1, 0.15) is 19.4 Å². The summed E-state index contributed by atoms with van der Waals surface area (Å²) in [5.74, 6) is -0.0854. The third kappa shape index (κ3) is 1.91. The SMILES string of the molecule is CC(C)C(CO)(CO)c1cnn[nH]c1=O. The van der Waals surface area contributed by atoms with Gasteiger partial charge in [-0.15, -0.1) is 5.10 Å². The molecule has 1 rings (SSSR count). The van der Waals surface area contributed by atoms with Crippen LogP contribution in [-0.4, -0.2) is 38.8 Å². The summed E-state index contributed by atoms with van der Waals surface area (Å²) >= 11 is 0. The van der Waals surface area contributed by atoms with Gasteiger partial charge >= 0.3 is 0 Å². The van der Waals surface area contributed by atoms with Crippen molar-refractivity contribution in [2.24, 2.45) is 5.92 Å². The maximum absolute atomic E-state index is 11.5. The molecule has 0 aromatic carbocycles. The fourth-order valence-electron chi connectivity index (χ4n) is 1.53. The molecule has 0 bridgehead atoms. The topological polar surface area (TPSA) is 99.1 Å². The number of aromatic amines is 1. The lowest BCUT2D eigenvalue weighted by Gasteiger charge is -2.32. The van der Waals surface area contributed by atoms with Crippen molar-refractivity contribution in [1.82, 2.24) is 15.4 Å². The zero-order valence-electron chi connectivity index (χ0n) is 8.77. The third-order valence-electron chi connectivity index (χ3n) is 2.85. The molecular weight excluding hydrogens is 198 g/mol. The largest absolute Gasteiger partial charge is 0.395 e. The molecule has 0 spiro atoms. The van der Waals surface area contributed by atoms with E-state index in [0.29, 0.717) is 0 Å². The first-order valence-corrected chi connectivity index (χ1v) is 4.71. The number of H-pyrrole nitrogens is 1. The number of aliphatic hydroxyl groups excluding tert-OH is 2. The van der Waals surface area contributed by atoms with Gasteiger partial charge in [-0.1, -0.05) is 19.1 Å². The fraction of sp³-hybridized carbons (Fsp3) is 0.667. The number of rotatable bonds is 4. The molecule has 0 aliphatic rings. The summed E-state index contributed by atoms with van der Waals surface area (Å²) in [6.45, 7) is 3.03. The molecule has 3 N–H and O–H groups in total. The molecule has 84 valence electrons. The molecule has 1 aromatic rings. The molecule has 0 atom stereocenters. The van der Waals surface area contributed by atoms with Crippen molar-refractivity contribution in [2.45, 2.75) is 19.3 Å². The number of aliphatic hydroxyl groups is 2. The number of nitrogens with zero attached hydrogens (tertiary/aromatic N) is 2. The van der Waals surface area contributed by atoms with E-state index in [1.807, 2.05) is 13.8 Å². The Labute approximate surface area is 87.0 Å². The zero-order chi connectivity index (χ0) is 11.5. The summed E-state index contributed by atoms with van der Waals surface area (Å²) < 4.78 is 0. The minimum Gasteiger partial charge on any atom is -0.395 e. The van der Waals surface area contributed by atoms with E-state index in [0.717, 1.165) is 0 Å². The van der Waals surface area contributed by atoms with Crippen LogP contribution in [0.5, 0.6) is 0 Å². The van der Waals surface area contributed by atoms with Crippen LogP contribution in [0, 0.1) is 5.92 Å². The number of hydrogen-bond acceptors (Lipinski definition) is 5. The number of nitrogens with one attached hydrogen (secondary N) is 1. The van der Waals surface area contributed by atoms with Gasteiger partial charge in [0.15, 0.2) is 0 Å². The van der Waals surface area contributed by atoms with Crippen LogP contribution in [0.2, 0.25) is 0 Å². The van der Waals surface area contributed by atoms with E-state index in [4.69, 9.17) is 0 Å². The monoisotopic (exact) mass is 213 g/mol. The van der Waals surface area contributed by atoms with Gasteiger partial charge in [-0.2, -0.15) is 0 Å². The van der Waals surface area contributed by atoms with Gasteiger partial charge < -0.3 is 10.2 Å². The average molecular weight is 213 g/mol. The van der Waals surface area contributed by atoms with E-state index in [-0.39, 0.29) is 24.7 Å². The minimum atomic E-state index is -0.969. The van der Waals surface area contributed by atoms with Crippen molar-refractivity contribution < 1.29 is 10.2 Å². The highest BCUT2D eigenvalue weighted by atomic mass is 16.3. The molecule has 0 saturated heterocycles. The smallest absolute Gasteiger partial charge is 0.271 e. The van der Waals surface area contributed by atoms with Crippen LogP contribution in [0.3, 0.4) is 0 Å². The van der Waals surface area contributed by atoms with Gasteiger partial charge in [0.2, 0.25) is 0 Å². The maximum Gasteiger partial charge on any atom is 0.271 e. The molecule has 0 aliphatic carbocycles. The molecule has 0 saturated carbocycles. The summed E-state index contributed by atoms with van der Waals surface area (Å²) in [6.07, 6.45) is 1.28. The minimum absolute atomic E-state index is 0.0854. The zero-order valence-corrected chi connectivity index (χ0v) is 8.77. The summed E-state index contributed by atoms with van der Waals surface area (Å²) in [6, 6.07) is 0. The van der Waals surface area contributed by atoms with Gasteiger partial charge in [0.1, 0.15) is 0 Å². The first kappa shape index (κ1) is 11.8. The Morgan fingerprint density at radius 3 is 2.47 bits per heavy atom. The Morgan fingerprint density at radius 1 is 1.47 bits per heavy atom. The average Bonchev–Trinajstić information content (AvgIpc) is 2.22. The van der Waals surface area contributed by atoms with E-state index < -0.39 is 11.0 Å². The molecule has 1 heterocycles. The van der Waals surface area contributed by atoms with Crippen LogP contribution in [-0.2, 0) is 5.41 Å². The standard InChI is InChI=1S/C9H15N3O3/c1-6(2)9(4-13,5-14)7-3-10-12-11-8(7)15/h3,6,13-14H,4-5H2,1-2H3,(H,10,11,15). The Bertz CT molecular complexity index is 371. The van der Waals surface area contributed by atoms with Crippen LogP contribution >= 0.6 is 0 Å². The van der Waals surface area contributed by atoms with E-state index in [1.165, 1.54) is 6.20 Å². The highest BCUT2D eigenvalue weighted by Crippen LogP contribution is 2.28. The van der Waals surface area contributed by atoms with Gasteiger partial charge in [0.05, 0.1) is 24.8 Å². The Hall–Kier alpha value is -1.27. The maximum atomic E-state index is 11.5. The van der Waals surface area contributed by atoms with E-state index in [1.54, 1.807) is 0 Å². The van der Waals surface area contributed by atoms with Crippen molar-refractivity contribution in [1.29, 1.82) is 0 Å². The lowest BCUT2D eigenvalue weighted by molar-refractivity contribution is 0.0798. The van der Waals surface area contributed by atoms with E-state index >= 15 is 0 Å². The molecule has 1 aromatic heterocycles. The van der Waals surface area contributed by atoms with Gasteiger partial charge in [-0.3, -0.25) is 4.79 Å². The highest BCUT2D eigenvalue weighted by Gasteiger charge is 2.37. The van der Waals surface area contributed by atoms with E-state index in [2.05, 4.69) is 15.4 Å². The fourth-order valence-corrected chi connectivity index (χ4v) is 1.53. The lowest BCUT2D eigenvalue weighted by Crippen LogP contribution is -2.44. The highest BCUT2D eigenvalue weighted by molar-refractivity contribution is 5.19.